The standard InChI is InChI=1S/C9H18N2OS/c1-13(12)11-7-4-9(8-11)2-5-10-6-3-9/h10H,2-8H2,1H3. The summed E-state index contributed by atoms with van der Waals surface area (Å²) >= 11 is 0. The zero-order valence-corrected chi connectivity index (χ0v) is 9.03. The second-order valence-electron chi connectivity index (χ2n) is 4.29. The highest BCUT2D eigenvalue weighted by molar-refractivity contribution is 7.81. The van der Waals surface area contributed by atoms with E-state index in [4.69, 9.17) is 0 Å². The smallest absolute Gasteiger partial charge is 0.0910 e. The van der Waals surface area contributed by atoms with Crippen LogP contribution in [0.2, 0.25) is 0 Å². The summed E-state index contributed by atoms with van der Waals surface area (Å²) in [6.07, 6.45) is 5.57. The van der Waals surface area contributed by atoms with Gasteiger partial charge in [-0.15, -0.1) is 0 Å². The van der Waals surface area contributed by atoms with E-state index in [0.717, 1.165) is 26.2 Å². The molecule has 2 heterocycles. The number of piperidine rings is 1. The zero-order chi connectivity index (χ0) is 9.31. The molecule has 0 radical (unpaired) electrons. The van der Waals surface area contributed by atoms with Gasteiger partial charge in [-0.25, -0.2) is 8.51 Å². The van der Waals surface area contributed by atoms with Crippen LogP contribution in [-0.2, 0) is 11.0 Å². The van der Waals surface area contributed by atoms with E-state index >= 15 is 0 Å². The van der Waals surface area contributed by atoms with Crippen molar-refractivity contribution in [3.8, 4) is 0 Å². The van der Waals surface area contributed by atoms with Crippen molar-refractivity contribution in [1.82, 2.24) is 9.62 Å². The third-order valence-electron chi connectivity index (χ3n) is 3.43. The van der Waals surface area contributed by atoms with Gasteiger partial charge in [0.05, 0.1) is 11.0 Å². The minimum atomic E-state index is -0.756. The molecule has 2 saturated heterocycles. The molecule has 2 rings (SSSR count). The summed E-state index contributed by atoms with van der Waals surface area (Å²) in [7, 11) is -0.756. The summed E-state index contributed by atoms with van der Waals surface area (Å²) < 4.78 is 13.4. The fourth-order valence-corrected chi connectivity index (χ4v) is 3.28. The molecule has 0 aromatic rings. The Kier molecular flexibility index (Phi) is 2.72. The predicted molar refractivity (Wildman–Crippen MR) is 54.8 cm³/mol. The molecule has 0 aromatic carbocycles. The van der Waals surface area contributed by atoms with Crippen LogP contribution in [0.15, 0.2) is 0 Å². The normalized spacial score (nSPS) is 30.8. The second kappa shape index (κ2) is 3.67. The Labute approximate surface area is 82.5 Å². The lowest BCUT2D eigenvalue weighted by Gasteiger charge is -2.33. The summed E-state index contributed by atoms with van der Waals surface area (Å²) in [6, 6.07) is 0. The van der Waals surface area contributed by atoms with Crippen LogP contribution in [0.5, 0.6) is 0 Å². The molecule has 76 valence electrons. The van der Waals surface area contributed by atoms with Crippen molar-refractivity contribution in [1.29, 1.82) is 0 Å². The molecule has 0 aromatic heterocycles. The predicted octanol–water partition coefficient (Wildman–Crippen LogP) is 0.355. The van der Waals surface area contributed by atoms with E-state index in [1.54, 1.807) is 6.26 Å². The third kappa shape index (κ3) is 1.95. The average molecular weight is 202 g/mol. The van der Waals surface area contributed by atoms with Crippen molar-refractivity contribution in [2.75, 3.05) is 32.4 Å². The van der Waals surface area contributed by atoms with Gasteiger partial charge in [0.1, 0.15) is 0 Å². The minimum Gasteiger partial charge on any atom is -0.317 e. The molecule has 13 heavy (non-hydrogen) atoms. The van der Waals surface area contributed by atoms with Crippen LogP contribution < -0.4 is 5.32 Å². The Hall–Kier alpha value is 0.0700. The summed E-state index contributed by atoms with van der Waals surface area (Å²) in [4.78, 5) is 0. The fraction of sp³-hybridized carbons (Fsp3) is 1.00. The van der Waals surface area contributed by atoms with Gasteiger partial charge < -0.3 is 5.32 Å². The molecule has 2 aliphatic rings. The van der Waals surface area contributed by atoms with Gasteiger partial charge in [-0.1, -0.05) is 0 Å². The van der Waals surface area contributed by atoms with Gasteiger partial charge in [-0.3, -0.25) is 0 Å². The molecule has 1 unspecified atom stereocenters. The van der Waals surface area contributed by atoms with Gasteiger partial charge in [0.15, 0.2) is 0 Å². The third-order valence-corrected chi connectivity index (χ3v) is 4.47. The number of nitrogens with one attached hydrogen (secondary N) is 1. The Morgan fingerprint density at radius 2 is 2.00 bits per heavy atom. The van der Waals surface area contributed by atoms with E-state index in [1.807, 2.05) is 0 Å². The molecule has 4 heteroatoms. The summed E-state index contributed by atoms with van der Waals surface area (Å²) in [5, 5.41) is 3.39. The second-order valence-corrected chi connectivity index (χ2v) is 5.65. The Bertz CT molecular complexity index is 214. The number of nitrogens with zero attached hydrogens (tertiary/aromatic N) is 1. The lowest BCUT2D eigenvalue weighted by atomic mass is 9.78. The number of hydrogen-bond acceptors (Lipinski definition) is 2. The van der Waals surface area contributed by atoms with Crippen molar-refractivity contribution in [2.24, 2.45) is 5.41 Å². The van der Waals surface area contributed by atoms with Gasteiger partial charge in [0, 0.05) is 19.3 Å². The molecule has 2 aliphatic heterocycles. The highest BCUT2D eigenvalue weighted by Crippen LogP contribution is 2.38. The van der Waals surface area contributed by atoms with Crippen molar-refractivity contribution in [3.05, 3.63) is 0 Å². The molecule has 0 bridgehead atoms. The maximum absolute atomic E-state index is 11.3. The topological polar surface area (TPSA) is 32.3 Å². The maximum atomic E-state index is 11.3. The summed E-state index contributed by atoms with van der Waals surface area (Å²) in [5.74, 6) is 0. The summed E-state index contributed by atoms with van der Waals surface area (Å²) in [6.45, 7) is 4.37. The first-order valence-electron chi connectivity index (χ1n) is 5.01. The first-order chi connectivity index (χ1) is 6.22. The molecule has 0 saturated carbocycles. The van der Waals surface area contributed by atoms with Crippen LogP contribution in [0, 0.1) is 5.41 Å². The van der Waals surface area contributed by atoms with E-state index < -0.39 is 11.0 Å². The number of rotatable bonds is 1. The minimum absolute atomic E-state index is 0.497. The van der Waals surface area contributed by atoms with Crippen molar-refractivity contribution < 1.29 is 4.21 Å². The summed E-state index contributed by atoms with van der Waals surface area (Å²) in [5.41, 5.74) is 0.497. The highest BCUT2D eigenvalue weighted by atomic mass is 32.2. The van der Waals surface area contributed by atoms with Gasteiger partial charge in [-0.05, 0) is 37.8 Å². The van der Waals surface area contributed by atoms with Gasteiger partial charge in [-0.2, -0.15) is 0 Å². The molecule has 1 N–H and O–H groups in total. The lowest BCUT2D eigenvalue weighted by Crippen LogP contribution is -2.38. The van der Waals surface area contributed by atoms with Crippen molar-refractivity contribution in [2.45, 2.75) is 19.3 Å². The van der Waals surface area contributed by atoms with Crippen LogP contribution in [0.25, 0.3) is 0 Å². The van der Waals surface area contributed by atoms with Crippen LogP contribution in [0.4, 0.5) is 0 Å². The van der Waals surface area contributed by atoms with E-state index in [-0.39, 0.29) is 0 Å². The van der Waals surface area contributed by atoms with Crippen molar-refractivity contribution >= 4 is 11.0 Å². The molecular weight excluding hydrogens is 184 g/mol. The SMILES string of the molecule is CS(=O)N1CCC2(CCNCC2)C1. The largest absolute Gasteiger partial charge is 0.317 e. The Morgan fingerprint density at radius 1 is 1.31 bits per heavy atom. The molecule has 3 nitrogen and oxygen atoms in total. The fourth-order valence-electron chi connectivity index (χ4n) is 2.48. The molecule has 0 amide bonds. The Morgan fingerprint density at radius 3 is 2.54 bits per heavy atom. The molecular formula is C9H18N2OS. The first kappa shape index (κ1) is 9.62. The van der Waals surface area contributed by atoms with E-state index in [9.17, 15) is 4.21 Å². The van der Waals surface area contributed by atoms with Crippen LogP contribution >= 0.6 is 0 Å². The van der Waals surface area contributed by atoms with Crippen molar-refractivity contribution in [3.63, 3.8) is 0 Å². The zero-order valence-electron chi connectivity index (χ0n) is 8.21. The first-order valence-corrected chi connectivity index (χ1v) is 6.53. The highest BCUT2D eigenvalue weighted by Gasteiger charge is 2.39. The molecule has 1 spiro atoms. The van der Waals surface area contributed by atoms with Gasteiger partial charge in [0.25, 0.3) is 0 Å². The van der Waals surface area contributed by atoms with Gasteiger partial charge >= 0.3 is 0 Å². The van der Waals surface area contributed by atoms with Crippen LogP contribution in [0.1, 0.15) is 19.3 Å². The molecule has 1 atom stereocenters. The Balaban J connectivity index is 1.98. The van der Waals surface area contributed by atoms with E-state index in [0.29, 0.717) is 5.41 Å². The average Bonchev–Trinajstić information content (AvgIpc) is 2.51. The lowest BCUT2D eigenvalue weighted by molar-refractivity contribution is 0.219. The van der Waals surface area contributed by atoms with Gasteiger partial charge in [0.2, 0.25) is 0 Å². The number of hydrogen-bond donors (Lipinski definition) is 1. The van der Waals surface area contributed by atoms with E-state index in [2.05, 4.69) is 9.62 Å². The molecule has 0 aliphatic carbocycles. The van der Waals surface area contributed by atoms with Crippen LogP contribution in [-0.4, -0.2) is 40.9 Å². The molecule has 2 fully saturated rings. The van der Waals surface area contributed by atoms with Crippen LogP contribution in [0.3, 0.4) is 0 Å². The van der Waals surface area contributed by atoms with E-state index in [1.165, 1.54) is 19.3 Å². The monoisotopic (exact) mass is 202 g/mol. The maximum Gasteiger partial charge on any atom is 0.0910 e. The quantitative estimate of drug-likeness (QED) is 0.666.